The van der Waals surface area contributed by atoms with E-state index in [1.807, 2.05) is 0 Å². The summed E-state index contributed by atoms with van der Waals surface area (Å²) in [5.41, 5.74) is 0.590. The van der Waals surface area contributed by atoms with E-state index in [2.05, 4.69) is 0 Å². The van der Waals surface area contributed by atoms with E-state index in [1.165, 1.54) is 7.05 Å². The Morgan fingerprint density at radius 3 is 2.33 bits per heavy atom. The third-order valence-electron chi connectivity index (χ3n) is 1.41. The number of hydrogen-bond acceptors (Lipinski definition) is 2. The second kappa shape index (κ2) is 3.89. The van der Waals surface area contributed by atoms with Crippen LogP contribution in [-0.4, -0.2) is 15.8 Å². The zero-order chi connectivity index (χ0) is 9.14. The Hall–Kier alpha value is -0.580. The van der Waals surface area contributed by atoms with Gasteiger partial charge in [0.25, 0.3) is 0 Å². The van der Waals surface area contributed by atoms with Crippen LogP contribution in [0.3, 0.4) is 0 Å². The minimum absolute atomic E-state index is 0.587. The average molecular weight is 205 g/mol. The maximum Gasteiger partial charge on any atom is 0.0480 e. The Balaban J connectivity index is 2.89. The maximum atomic E-state index is 10.5. The van der Waals surface area contributed by atoms with Gasteiger partial charge in [-0.2, -0.15) is 0 Å². The summed E-state index contributed by atoms with van der Waals surface area (Å²) in [5, 5.41) is 0.587. The molecule has 0 N–H and O–H groups in total. The molecule has 5 heteroatoms. The highest BCUT2D eigenvalue weighted by atomic mass is 35.5. The maximum absolute atomic E-state index is 10.5. The van der Waals surface area contributed by atoms with Gasteiger partial charge in [0.15, 0.2) is 0 Å². The summed E-state index contributed by atoms with van der Waals surface area (Å²) < 4.78 is 22.1. The fraction of sp³-hybridized carbons (Fsp3) is 0.143. The van der Waals surface area contributed by atoms with E-state index in [1.54, 1.807) is 24.3 Å². The monoisotopic (exact) mass is 204 g/mol. The van der Waals surface area contributed by atoms with Gasteiger partial charge in [-0.25, -0.2) is 0 Å². The number of rotatable bonds is 2. The first-order valence-electron chi connectivity index (χ1n) is 3.20. The Bertz CT molecular complexity index is 288. The van der Waals surface area contributed by atoms with Gasteiger partial charge >= 0.3 is 0 Å². The first-order valence-corrected chi connectivity index (χ1v) is 4.61. The van der Waals surface area contributed by atoms with Crippen molar-refractivity contribution in [3.63, 3.8) is 0 Å². The largest absolute Gasteiger partial charge is 0.755 e. The Morgan fingerprint density at radius 1 is 1.42 bits per heavy atom. The number of nitrogens with zero attached hydrogens (tertiary/aromatic N) is 1. The molecule has 0 saturated carbocycles. The predicted molar refractivity (Wildman–Crippen MR) is 48.8 cm³/mol. The molecule has 0 fully saturated rings. The average Bonchev–Trinajstić information content (AvgIpc) is 2.04. The highest BCUT2D eigenvalue weighted by molar-refractivity contribution is 7.80. The van der Waals surface area contributed by atoms with E-state index in [-0.39, 0.29) is 0 Å². The highest BCUT2D eigenvalue weighted by Gasteiger charge is 1.98. The molecule has 1 rings (SSSR count). The van der Waals surface area contributed by atoms with Crippen molar-refractivity contribution >= 4 is 28.6 Å². The zero-order valence-corrected chi connectivity index (χ0v) is 7.93. The molecule has 1 aromatic carbocycles. The van der Waals surface area contributed by atoms with E-state index in [9.17, 15) is 8.76 Å². The SMILES string of the molecule is CN(c1ccc(Cl)cc1)S(=O)[O-]. The van der Waals surface area contributed by atoms with Crippen LogP contribution < -0.4 is 4.31 Å². The van der Waals surface area contributed by atoms with Gasteiger partial charge in [-0.15, -0.1) is 0 Å². The molecule has 66 valence electrons. The van der Waals surface area contributed by atoms with Crippen LogP contribution in [0.25, 0.3) is 0 Å². The number of halogens is 1. The topological polar surface area (TPSA) is 43.4 Å². The summed E-state index contributed by atoms with van der Waals surface area (Å²) in [4.78, 5) is 0. The summed E-state index contributed by atoms with van der Waals surface area (Å²) in [5.74, 6) is 0. The van der Waals surface area contributed by atoms with Crippen molar-refractivity contribution < 1.29 is 8.76 Å². The van der Waals surface area contributed by atoms with Crippen LogP contribution >= 0.6 is 11.6 Å². The molecule has 0 spiro atoms. The molecule has 1 aromatic rings. The lowest BCUT2D eigenvalue weighted by molar-refractivity contribution is 0.535. The third kappa shape index (κ3) is 2.20. The molecule has 3 nitrogen and oxygen atoms in total. The quantitative estimate of drug-likeness (QED) is 0.687. The molecule has 0 aliphatic heterocycles. The van der Waals surface area contributed by atoms with Gasteiger partial charge in [0.1, 0.15) is 0 Å². The molecule has 1 unspecified atom stereocenters. The van der Waals surface area contributed by atoms with Crippen LogP contribution in [0.5, 0.6) is 0 Å². The van der Waals surface area contributed by atoms with Crippen LogP contribution in [0.15, 0.2) is 24.3 Å². The molecule has 0 aliphatic carbocycles. The predicted octanol–water partition coefficient (Wildman–Crippen LogP) is 1.57. The minimum atomic E-state index is -2.23. The van der Waals surface area contributed by atoms with Crippen LogP contribution in [0.2, 0.25) is 5.02 Å². The molecular weight excluding hydrogens is 198 g/mol. The fourth-order valence-corrected chi connectivity index (χ4v) is 1.16. The fourth-order valence-electron chi connectivity index (χ4n) is 0.737. The first-order chi connectivity index (χ1) is 5.61. The summed E-state index contributed by atoms with van der Waals surface area (Å²) in [7, 11) is 1.46. The molecule has 0 aromatic heterocycles. The van der Waals surface area contributed by atoms with Crippen LogP contribution in [0.1, 0.15) is 0 Å². The van der Waals surface area contributed by atoms with Gasteiger partial charge in [0.2, 0.25) is 0 Å². The van der Waals surface area contributed by atoms with Crippen LogP contribution in [0, 0.1) is 0 Å². The summed E-state index contributed by atoms with van der Waals surface area (Å²) in [6.45, 7) is 0. The molecule has 0 bridgehead atoms. The minimum Gasteiger partial charge on any atom is -0.755 e. The third-order valence-corrected chi connectivity index (χ3v) is 2.32. The summed E-state index contributed by atoms with van der Waals surface area (Å²) in [6.07, 6.45) is 0. The Kier molecular flexibility index (Phi) is 3.08. The van der Waals surface area contributed by atoms with Crippen molar-refractivity contribution in [2.45, 2.75) is 0 Å². The second-order valence-electron chi connectivity index (χ2n) is 2.19. The molecule has 0 amide bonds. The lowest BCUT2D eigenvalue weighted by atomic mass is 10.3. The number of hydrogen-bond donors (Lipinski definition) is 0. The van der Waals surface area contributed by atoms with Gasteiger partial charge in [-0.1, -0.05) is 11.6 Å². The summed E-state index contributed by atoms with van der Waals surface area (Å²) >= 11 is 3.40. The smallest absolute Gasteiger partial charge is 0.0480 e. The van der Waals surface area contributed by atoms with E-state index < -0.39 is 11.3 Å². The van der Waals surface area contributed by atoms with E-state index in [4.69, 9.17) is 11.6 Å². The molecular formula is C7H7ClNO2S-. The van der Waals surface area contributed by atoms with Gasteiger partial charge in [0.05, 0.1) is 0 Å². The molecule has 0 heterocycles. The van der Waals surface area contributed by atoms with Crippen molar-refractivity contribution in [3.8, 4) is 0 Å². The van der Waals surface area contributed by atoms with Gasteiger partial charge in [0, 0.05) is 29.0 Å². The normalized spacial score (nSPS) is 12.6. The number of anilines is 1. The molecule has 0 radical (unpaired) electrons. The number of benzene rings is 1. The Labute approximate surface area is 78.4 Å². The lowest BCUT2D eigenvalue weighted by Gasteiger charge is -2.20. The van der Waals surface area contributed by atoms with Gasteiger partial charge < -0.3 is 8.86 Å². The van der Waals surface area contributed by atoms with E-state index >= 15 is 0 Å². The van der Waals surface area contributed by atoms with E-state index in [0.717, 1.165) is 4.31 Å². The van der Waals surface area contributed by atoms with Crippen LogP contribution in [-0.2, 0) is 11.3 Å². The first kappa shape index (κ1) is 9.51. The Morgan fingerprint density at radius 2 is 1.92 bits per heavy atom. The highest BCUT2D eigenvalue weighted by Crippen LogP contribution is 2.16. The van der Waals surface area contributed by atoms with Crippen LogP contribution in [0.4, 0.5) is 5.69 Å². The molecule has 1 atom stereocenters. The van der Waals surface area contributed by atoms with Crippen molar-refractivity contribution in [1.82, 2.24) is 0 Å². The lowest BCUT2D eigenvalue weighted by Crippen LogP contribution is -2.19. The summed E-state index contributed by atoms with van der Waals surface area (Å²) in [6, 6.07) is 6.55. The molecule has 0 aliphatic rings. The van der Waals surface area contributed by atoms with E-state index in [0.29, 0.717) is 10.7 Å². The van der Waals surface area contributed by atoms with Crippen molar-refractivity contribution in [3.05, 3.63) is 29.3 Å². The molecule has 12 heavy (non-hydrogen) atoms. The van der Waals surface area contributed by atoms with Crippen molar-refractivity contribution in [2.24, 2.45) is 0 Å². The molecule has 0 saturated heterocycles. The van der Waals surface area contributed by atoms with Crippen molar-refractivity contribution in [1.29, 1.82) is 0 Å². The second-order valence-corrected chi connectivity index (χ2v) is 3.61. The standard InChI is InChI=1S/C7H8ClNO2S/c1-9(12(10)11)7-4-2-6(8)3-5-7/h2-5H,1H3,(H,10,11)/p-1. The van der Waals surface area contributed by atoms with Crippen molar-refractivity contribution in [2.75, 3.05) is 11.4 Å². The van der Waals surface area contributed by atoms with Gasteiger partial charge in [-0.3, -0.25) is 4.21 Å². The zero-order valence-electron chi connectivity index (χ0n) is 6.36. The van der Waals surface area contributed by atoms with Gasteiger partial charge in [-0.05, 0) is 24.3 Å².